The Labute approximate surface area is 110 Å². The minimum Gasteiger partial charge on any atom is -0.413 e. The van der Waals surface area contributed by atoms with Crippen LogP contribution in [0.4, 0.5) is 0 Å². The van der Waals surface area contributed by atoms with Crippen LogP contribution in [-0.2, 0) is 4.43 Å². The van der Waals surface area contributed by atoms with Crippen molar-refractivity contribution in [1.82, 2.24) is 0 Å². The van der Waals surface area contributed by atoms with Gasteiger partial charge in [-0.15, -0.1) is 0 Å². The van der Waals surface area contributed by atoms with Crippen molar-refractivity contribution in [3.63, 3.8) is 0 Å². The van der Waals surface area contributed by atoms with Gasteiger partial charge in [0.2, 0.25) is 0 Å². The van der Waals surface area contributed by atoms with E-state index in [1.807, 2.05) is 0 Å². The molecule has 1 rings (SSSR count). The minimum atomic E-state index is -1.49. The fraction of sp³-hybridized carbons (Fsp3) is 0.571. The number of rotatable bonds is 5. The van der Waals surface area contributed by atoms with Gasteiger partial charge >= 0.3 is 0 Å². The van der Waals surface area contributed by atoms with Crippen LogP contribution in [0.15, 0.2) is 30.3 Å². The van der Waals surface area contributed by atoms with Crippen molar-refractivity contribution >= 4 is 23.0 Å². The van der Waals surface area contributed by atoms with Crippen LogP contribution in [0.3, 0.4) is 0 Å². The third kappa shape index (κ3) is 6.81. The van der Waals surface area contributed by atoms with Crippen LogP contribution >= 0.6 is 0 Å². The lowest BCUT2D eigenvalue weighted by Gasteiger charge is -2.32. The molecule has 0 fully saturated rings. The zero-order valence-corrected chi connectivity index (χ0v) is 13.7. The summed E-state index contributed by atoms with van der Waals surface area (Å²) in [7, 11) is -0.566. The Morgan fingerprint density at radius 1 is 1.12 bits per heavy atom. The molecule has 0 amide bonds. The van der Waals surface area contributed by atoms with Crippen molar-refractivity contribution in [2.45, 2.75) is 51.6 Å². The summed E-state index contributed by atoms with van der Waals surface area (Å²) in [5.41, 5.74) is 0.00554. The molecule has 1 nitrogen and oxygen atoms in total. The zero-order chi connectivity index (χ0) is 12.9. The molecule has 0 N–H and O–H groups in total. The lowest BCUT2D eigenvalue weighted by molar-refractivity contribution is 0.120. The summed E-state index contributed by atoms with van der Waals surface area (Å²) in [5.74, 6) is 0. The molecule has 0 aromatic heterocycles. The molecule has 2 radical (unpaired) electrons. The molecule has 94 valence electrons. The average molecular weight is 265 g/mol. The van der Waals surface area contributed by atoms with E-state index in [-0.39, 0.29) is 5.60 Å². The van der Waals surface area contributed by atoms with Gasteiger partial charge < -0.3 is 4.43 Å². The van der Waals surface area contributed by atoms with Crippen LogP contribution in [0.2, 0.25) is 25.2 Å². The highest BCUT2D eigenvalue weighted by molar-refractivity contribution is 6.72. The van der Waals surface area contributed by atoms with Crippen molar-refractivity contribution in [1.29, 1.82) is 0 Å². The fourth-order valence-electron chi connectivity index (χ4n) is 1.94. The second-order valence-corrected chi connectivity index (χ2v) is 11.7. The maximum absolute atomic E-state index is 6.21. The molecule has 0 aliphatic carbocycles. The smallest absolute Gasteiger partial charge is 0.187 e. The van der Waals surface area contributed by atoms with E-state index in [2.05, 4.69) is 64.2 Å². The van der Waals surface area contributed by atoms with Crippen molar-refractivity contribution in [3.8, 4) is 0 Å². The van der Waals surface area contributed by atoms with E-state index < -0.39 is 8.32 Å². The Hall–Kier alpha value is -0.386. The van der Waals surface area contributed by atoms with Crippen LogP contribution in [0, 0.1) is 0 Å². The maximum Gasteiger partial charge on any atom is 0.187 e. The predicted molar refractivity (Wildman–Crippen MR) is 79.8 cm³/mol. The van der Waals surface area contributed by atoms with E-state index in [4.69, 9.17) is 4.43 Å². The Morgan fingerprint density at radius 3 is 2.24 bits per heavy atom. The van der Waals surface area contributed by atoms with Gasteiger partial charge in [-0.05, 0) is 39.9 Å². The lowest BCUT2D eigenvalue weighted by atomic mass is 10.2. The number of benzene rings is 1. The van der Waals surface area contributed by atoms with Gasteiger partial charge in [0.25, 0.3) is 0 Å². The van der Waals surface area contributed by atoms with E-state index in [1.54, 1.807) is 0 Å². The molecule has 1 aromatic rings. The first-order chi connectivity index (χ1) is 7.79. The summed E-state index contributed by atoms with van der Waals surface area (Å²) >= 11 is 0. The molecular formula is C14H24OSi2. The first-order valence-electron chi connectivity index (χ1n) is 6.28. The Kier molecular flexibility index (Phi) is 5.16. The molecular weight excluding hydrogens is 240 g/mol. The second kappa shape index (κ2) is 5.98. The Balaban J connectivity index is 2.35. The summed E-state index contributed by atoms with van der Waals surface area (Å²) in [6.07, 6.45) is 0. The van der Waals surface area contributed by atoms with Crippen molar-refractivity contribution in [2.75, 3.05) is 0 Å². The van der Waals surface area contributed by atoms with Crippen LogP contribution in [0.5, 0.6) is 0 Å². The first-order valence-corrected chi connectivity index (χ1v) is 10.6. The quantitative estimate of drug-likeness (QED) is 0.740. The van der Waals surface area contributed by atoms with Gasteiger partial charge in [-0.1, -0.05) is 41.6 Å². The fourth-order valence-corrected chi connectivity index (χ4v) is 7.33. The van der Waals surface area contributed by atoms with E-state index >= 15 is 0 Å². The molecule has 0 aliphatic heterocycles. The van der Waals surface area contributed by atoms with Crippen LogP contribution in [0.25, 0.3) is 0 Å². The standard InChI is InChI=1S/C14H24OSi2/c1-14(2,3)15-17(4,5)12-11-16-13-9-7-6-8-10-13/h6-10H,11-12H2,1-5H3. The van der Waals surface area contributed by atoms with Crippen LogP contribution in [-0.4, -0.2) is 23.4 Å². The van der Waals surface area contributed by atoms with Crippen molar-refractivity contribution in [3.05, 3.63) is 30.3 Å². The van der Waals surface area contributed by atoms with E-state index in [1.165, 1.54) is 17.3 Å². The van der Waals surface area contributed by atoms with Gasteiger partial charge in [-0.2, -0.15) is 0 Å². The molecule has 3 heteroatoms. The van der Waals surface area contributed by atoms with Gasteiger partial charge in [-0.3, -0.25) is 0 Å². The monoisotopic (exact) mass is 264 g/mol. The third-order valence-electron chi connectivity index (χ3n) is 2.41. The third-order valence-corrected chi connectivity index (χ3v) is 6.77. The summed E-state index contributed by atoms with van der Waals surface area (Å²) in [4.78, 5) is 0. The molecule has 1 aromatic carbocycles. The molecule has 0 aliphatic rings. The summed E-state index contributed by atoms with van der Waals surface area (Å²) in [6.45, 7) is 11.1. The van der Waals surface area contributed by atoms with Gasteiger partial charge in [0.1, 0.15) is 0 Å². The topological polar surface area (TPSA) is 9.23 Å². The molecule has 0 spiro atoms. The normalized spacial score (nSPS) is 12.8. The van der Waals surface area contributed by atoms with Crippen molar-refractivity contribution < 1.29 is 4.43 Å². The summed E-state index contributed by atoms with van der Waals surface area (Å²) in [5, 5.41) is 1.47. The SMILES string of the molecule is CC(C)(C)O[Si](C)(C)CC[Si]c1ccccc1. The Morgan fingerprint density at radius 2 is 1.71 bits per heavy atom. The summed E-state index contributed by atoms with van der Waals surface area (Å²) < 4.78 is 6.21. The largest absolute Gasteiger partial charge is 0.413 e. The highest BCUT2D eigenvalue weighted by Gasteiger charge is 2.27. The molecule has 17 heavy (non-hydrogen) atoms. The lowest BCUT2D eigenvalue weighted by Crippen LogP contribution is -2.39. The van der Waals surface area contributed by atoms with Gasteiger partial charge in [0, 0.05) is 5.60 Å². The summed E-state index contributed by atoms with van der Waals surface area (Å²) in [6, 6.07) is 13.3. The molecule has 0 unspecified atom stereocenters. The minimum absolute atomic E-state index is 0.00554. The molecule has 0 heterocycles. The molecule has 0 saturated carbocycles. The molecule has 0 bridgehead atoms. The van der Waals surface area contributed by atoms with Gasteiger partial charge in [-0.25, -0.2) is 0 Å². The number of hydrogen-bond acceptors (Lipinski definition) is 1. The van der Waals surface area contributed by atoms with E-state index in [0.29, 0.717) is 0 Å². The molecule has 0 atom stereocenters. The maximum atomic E-state index is 6.21. The van der Waals surface area contributed by atoms with Gasteiger partial charge in [0.05, 0.1) is 9.52 Å². The average Bonchev–Trinajstić information content (AvgIpc) is 2.15. The van der Waals surface area contributed by atoms with Crippen molar-refractivity contribution in [2.24, 2.45) is 0 Å². The van der Waals surface area contributed by atoms with E-state index in [9.17, 15) is 0 Å². The van der Waals surface area contributed by atoms with Gasteiger partial charge in [0.15, 0.2) is 8.32 Å². The second-order valence-electron chi connectivity index (χ2n) is 6.02. The van der Waals surface area contributed by atoms with Crippen LogP contribution < -0.4 is 5.19 Å². The number of hydrogen-bond donors (Lipinski definition) is 0. The highest BCUT2D eigenvalue weighted by atomic mass is 28.4. The Bertz CT molecular complexity index is 328. The zero-order valence-electron chi connectivity index (χ0n) is 11.7. The highest BCUT2D eigenvalue weighted by Crippen LogP contribution is 2.21. The van der Waals surface area contributed by atoms with E-state index in [0.717, 1.165) is 9.52 Å². The predicted octanol–water partition coefficient (Wildman–Crippen LogP) is 3.45. The van der Waals surface area contributed by atoms with Crippen LogP contribution in [0.1, 0.15) is 20.8 Å². The molecule has 0 saturated heterocycles. The first kappa shape index (κ1) is 14.7.